The largest absolute Gasteiger partial charge is 0.756 e. The first-order valence-corrected chi connectivity index (χ1v) is 29.8. The number of carbonyl (C=O) groups is 2. The third-order valence-electron chi connectivity index (χ3n) is 12.5. The Morgan fingerprint density at radius 3 is 1.31 bits per heavy atom. The number of hydrogen-bond donors (Lipinski definition) is 1. The maximum absolute atomic E-state index is 13.5. The monoisotopic (exact) mass is 965 g/mol. The smallest absolute Gasteiger partial charge is 0.306 e. The van der Waals surface area contributed by atoms with Gasteiger partial charge in [-0.25, -0.2) is 0 Å². The van der Waals surface area contributed by atoms with Crippen LogP contribution in [0.4, 0.5) is 0 Å². The van der Waals surface area contributed by atoms with Crippen LogP contribution in [0.5, 0.6) is 0 Å². The predicted molar refractivity (Wildman–Crippen MR) is 284 cm³/mol. The van der Waals surface area contributed by atoms with E-state index in [1.807, 2.05) is 33.3 Å². The van der Waals surface area contributed by atoms with Gasteiger partial charge in [0, 0.05) is 12.8 Å². The molecule has 3 unspecified atom stereocenters. The summed E-state index contributed by atoms with van der Waals surface area (Å²) in [6, 6.07) is -0.888. The first-order chi connectivity index (χ1) is 32.4. The summed E-state index contributed by atoms with van der Waals surface area (Å²) in [4.78, 5) is 39.7. The molecule has 0 bridgehead atoms. The minimum Gasteiger partial charge on any atom is -0.756 e. The van der Waals surface area contributed by atoms with Gasteiger partial charge < -0.3 is 28.5 Å². The molecule has 3 atom stereocenters. The fraction of sp³-hybridized carbons (Fsp3) is 0.860. The molecule has 0 saturated heterocycles. The highest BCUT2D eigenvalue weighted by Gasteiger charge is 2.27. The zero-order valence-corrected chi connectivity index (χ0v) is 45.8. The van der Waals surface area contributed by atoms with Gasteiger partial charge in [-0.2, -0.15) is 0 Å². The van der Waals surface area contributed by atoms with Crippen molar-refractivity contribution in [3.63, 3.8) is 0 Å². The van der Waals surface area contributed by atoms with E-state index in [1.54, 1.807) is 0 Å². The molecule has 0 aliphatic rings. The van der Waals surface area contributed by atoms with Gasteiger partial charge in [0.15, 0.2) is 0 Å². The standard InChI is InChI=1S/C57H109N2O7P/c1-7-10-13-16-19-22-25-26-27-28-29-30-31-32-35-37-40-43-46-49-56(60)58-54(53-65-67(62,63)64-52-51-59(4,5)6)55(48-45-42-39-36-33-23-20-17-14-11-8-2)66-57(61)50-47-44-41-38-34-24-21-18-15-12-9-3/h18,21,26-27,45,48,54-55H,7-17,19-20,22-25,28-44,46-47,49-53H2,1-6H3,(H-,58,60,62,63)/b21-18-,27-26+,48-45-. The Morgan fingerprint density at radius 2 is 0.881 bits per heavy atom. The molecule has 0 aliphatic heterocycles. The molecule has 0 heterocycles. The maximum Gasteiger partial charge on any atom is 0.306 e. The van der Waals surface area contributed by atoms with Crippen LogP contribution < -0.4 is 10.2 Å². The van der Waals surface area contributed by atoms with Crippen molar-refractivity contribution in [1.29, 1.82) is 0 Å². The number of unbranched alkanes of at least 4 members (excludes halogenated alkanes) is 31. The lowest BCUT2D eigenvalue weighted by Crippen LogP contribution is -2.47. The highest BCUT2D eigenvalue weighted by Crippen LogP contribution is 2.38. The molecule has 0 saturated carbocycles. The van der Waals surface area contributed by atoms with E-state index in [0.717, 1.165) is 83.5 Å². The number of hydrogen-bond acceptors (Lipinski definition) is 7. The summed E-state index contributed by atoms with van der Waals surface area (Å²) in [5.41, 5.74) is 0. The molecule has 0 aromatic carbocycles. The van der Waals surface area contributed by atoms with Crippen LogP contribution in [0.2, 0.25) is 0 Å². The molecule has 10 heteroatoms. The third-order valence-corrected chi connectivity index (χ3v) is 13.5. The van der Waals surface area contributed by atoms with Crippen molar-refractivity contribution >= 4 is 19.7 Å². The highest BCUT2D eigenvalue weighted by atomic mass is 31.2. The number of phosphoric ester groups is 1. The van der Waals surface area contributed by atoms with E-state index >= 15 is 0 Å². The van der Waals surface area contributed by atoms with Crippen molar-refractivity contribution in [1.82, 2.24) is 5.32 Å². The average Bonchev–Trinajstić information content (AvgIpc) is 3.28. The summed E-state index contributed by atoms with van der Waals surface area (Å²) < 4.78 is 30.2. The van der Waals surface area contributed by atoms with Gasteiger partial charge in [0.1, 0.15) is 19.3 Å². The van der Waals surface area contributed by atoms with Crippen LogP contribution >= 0.6 is 7.82 Å². The summed E-state index contributed by atoms with van der Waals surface area (Å²) in [7, 11) is 1.18. The minimum atomic E-state index is -4.69. The van der Waals surface area contributed by atoms with Crippen LogP contribution in [0, 0.1) is 0 Å². The second-order valence-electron chi connectivity index (χ2n) is 20.4. The van der Waals surface area contributed by atoms with Gasteiger partial charge in [-0.05, 0) is 76.7 Å². The number of rotatable bonds is 51. The number of likely N-dealkylation sites (N-methyl/N-ethyl adjacent to an activating group) is 1. The zero-order chi connectivity index (χ0) is 49.4. The quantitative estimate of drug-likeness (QED) is 0.0212. The van der Waals surface area contributed by atoms with Gasteiger partial charge in [-0.15, -0.1) is 0 Å². The fourth-order valence-corrected chi connectivity index (χ4v) is 8.81. The van der Waals surface area contributed by atoms with Gasteiger partial charge in [0.2, 0.25) is 5.91 Å². The van der Waals surface area contributed by atoms with E-state index in [9.17, 15) is 19.0 Å². The van der Waals surface area contributed by atoms with E-state index in [1.165, 1.54) is 148 Å². The number of quaternary nitrogens is 1. The number of phosphoric acid groups is 1. The number of nitrogens with one attached hydrogen (secondary N) is 1. The highest BCUT2D eigenvalue weighted by molar-refractivity contribution is 7.45. The SMILES string of the molecule is CCCC/C=C\CCCCCCCC(=O)OC(/C=C\CCCCCCCCCCC)C(COP(=O)([O-])OCC[N+](C)(C)C)NC(=O)CCCCCCCCCCC/C=C/CCCCCCCC. The van der Waals surface area contributed by atoms with Crippen LogP contribution in [-0.4, -0.2) is 69.4 Å². The van der Waals surface area contributed by atoms with E-state index in [-0.39, 0.29) is 31.5 Å². The van der Waals surface area contributed by atoms with Gasteiger partial charge in [0.25, 0.3) is 7.82 Å². The molecule has 1 N–H and O–H groups in total. The molecule has 0 rings (SSSR count). The molecule has 0 radical (unpaired) electrons. The summed E-state index contributed by atoms with van der Waals surface area (Å²) in [6.45, 7) is 6.79. The topological polar surface area (TPSA) is 114 Å². The van der Waals surface area contributed by atoms with Gasteiger partial charge >= 0.3 is 5.97 Å². The summed E-state index contributed by atoms with van der Waals surface area (Å²) in [5, 5.41) is 3.01. The van der Waals surface area contributed by atoms with Crippen LogP contribution in [0.15, 0.2) is 36.5 Å². The lowest BCUT2D eigenvalue weighted by Gasteiger charge is -2.30. The van der Waals surface area contributed by atoms with Gasteiger partial charge in [0.05, 0.1) is 33.8 Å². The van der Waals surface area contributed by atoms with Crippen LogP contribution in [0.3, 0.4) is 0 Å². The number of amides is 1. The molecule has 1 amide bonds. The van der Waals surface area contributed by atoms with Crippen molar-refractivity contribution in [2.24, 2.45) is 0 Å². The lowest BCUT2D eigenvalue weighted by atomic mass is 10.0. The van der Waals surface area contributed by atoms with Crippen molar-refractivity contribution in [2.75, 3.05) is 40.9 Å². The number of esters is 1. The van der Waals surface area contributed by atoms with Crippen molar-refractivity contribution in [3.8, 4) is 0 Å². The third kappa shape index (κ3) is 49.0. The Kier molecular flexibility index (Phi) is 46.6. The molecule has 0 aromatic rings. The number of carbonyl (C=O) groups excluding carboxylic acids is 2. The number of allylic oxidation sites excluding steroid dienone is 5. The van der Waals surface area contributed by atoms with Gasteiger partial charge in [-0.1, -0.05) is 212 Å². The lowest BCUT2D eigenvalue weighted by molar-refractivity contribution is -0.870. The van der Waals surface area contributed by atoms with E-state index in [4.69, 9.17) is 13.8 Å². The zero-order valence-electron chi connectivity index (χ0n) is 44.9. The first kappa shape index (κ1) is 65.2. The summed E-state index contributed by atoms with van der Waals surface area (Å²) in [5.74, 6) is -0.550. The van der Waals surface area contributed by atoms with Crippen molar-refractivity contribution < 1.29 is 37.3 Å². The normalized spacial score (nSPS) is 14.1. The molecule has 0 aromatic heterocycles. The first-order valence-electron chi connectivity index (χ1n) is 28.3. The summed E-state index contributed by atoms with van der Waals surface area (Å²) >= 11 is 0. The maximum atomic E-state index is 13.5. The Hall–Kier alpha value is -1.77. The predicted octanol–water partition coefficient (Wildman–Crippen LogP) is 16.1. The molecule has 0 fully saturated rings. The molecule has 0 spiro atoms. The molecule has 67 heavy (non-hydrogen) atoms. The number of ether oxygens (including phenoxy) is 1. The van der Waals surface area contributed by atoms with Crippen LogP contribution in [0.25, 0.3) is 0 Å². The second-order valence-corrected chi connectivity index (χ2v) is 21.8. The van der Waals surface area contributed by atoms with Crippen LogP contribution in [0.1, 0.15) is 265 Å². The van der Waals surface area contributed by atoms with E-state index < -0.39 is 20.0 Å². The van der Waals surface area contributed by atoms with Crippen molar-refractivity contribution in [3.05, 3.63) is 36.5 Å². The average molecular weight is 965 g/mol. The Labute approximate surface area is 415 Å². The minimum absolute atomic E-state index is 0.0228. The Balaban J connectivity index is 5.25. The molecule has 0 aliphatic carbocycles. The molecule has 394 valence electrons. The molecule has 9 nitrogen and oxygen atoms in total. The Morgan fingerprint density at radius 1 is 0.507 bits per heavy atom. The Bertz CT molecular complexity index is 1250. The van der Waals surface area contributed by atoms with E-state index in [0.29, 0.717) is 17.4 Å². The molecular formula is C57H109N2O7P. The number of nitrogens with zero attached hydrogens (tertiary/aromatic N) is 1. The van der Waals surface area contributed by atoms with E-state index in [2.05, 4.69) is 50.4 Å². The second kappa shape index (κ2) is 47.9. The van der Waals surface area contributed by atoms with Gasteiger partial charge in [-0.3, -0.25) is 14.2 Å². The van der Waals surface area contributed by atoms with Crippen LogP contribution in [-0.2, 0) is 27.9 Å². The van der Waals surface area contributed by atoms with Crippen molar-refractivity contribution in [2.45, 2.75) is 277 Å². The summed E-state index contributed by atoms with van der Waals surface area (Å²) in [6.07, 6.45) is 55.4. The fourth-order valence-electron chi connectivity index (χ4n) is 8.09. The molecular weight excluding hydrogens is 856 g/mol.